The minimum absolute atomic E-state index is 0.0510. The van der Waals surface area contributed by atoms with Crippen LogP contribution >= 0.6 is 0 Å². The molecule has 0 spiro atoms. The van der Waals surface area contributed by atoms with Crippen molar-refractivity contribution in [1.29, 1.82) is 0 Å². The van der Waals surface area contributed by atoms with Gasteiger partial charge in [-0.25, -0.2) is 0 Å². The molecule has 2 fully saturated rings. The van der Waals surface area contributed by atoms with Crippen LogP contribution in [-0.2, 0) is 16.1 Å². The van der Waals surface area contributed by atoms with Crippen LogP contribution in [0.2, 0.25) is 0 Å². The predicted molar refractivity (Wildman–Crippen MR) is 77.7 cm³/mol. The zero-order valence-electron chi connectivity index (χ0n) is 12.6. The van der Waals surface area contributed by atoms with Gasteiger partial charge < -0.3 is 9.84 Å². The first-order valence-corrected chi connectivity index (χ1v) is 8.02. The summed E-state index contributed by atoms with van der Waals surface area (Å²) in [5, 5.41) is 15.3. The van der Waals surface area contributed by atoms with Crippen molar-refractivity contribution in [2.45, 2.75) is 63.5 Å². The molecule has 0 saturated heterocycles. The van der Waals surface area contributed by atoms with Crippen LogP contribution in [0.25, 0.3) is 0 Å². The van der Waals surface area contributed by atoms with Gasteiger partial charge in [0, 0.05) is 12.1 Å². The molecule has 3 rings (SSSR count). The number of ether oxygens (including phenoxy) is 1. The van der Waals surface area contributed by atoms with E-state index in [1.54, 1.807) is 0 Å². The van der Waals surface area contributed by atoms with Crippen molar-refractivity contribution in [1.82, 2.24) is 9.78 Å². The summed E-state index contributed by atoms with van der Waals surface area (Å²) in [6.07, 6.45) is 7.11. The van der Waals surface area contributed by atoms with E-state index in [0.29, 0.717) is 44.8 Å². The Bertz CT molecular complexity index is 499. The smallest absolute Gasteiger partial charge is 0.308 e. The Hall–Kier alpha value is -1.36. The van der Waals surface area contributed by atoms with Crippen LogP contribution in [0.1, 0.15) is 57.1 Å². The number of aliphatic hydroxyl groups is 1. The molecule has 0 radical (unpaired) electrons. The van der Waals surface area contributed by atoms with Gasteiger partial charge in [0.15, 0.2) is 0 Å². The first-order chi connectivity index (χ1) is 10.1. The highest BCUT2D eigenvalue weighted by Crippen LogP contribution is 2.39. The Balaban J connectivity index is 1.54. The van der Waals surface area contributed by atoms with Crippen LogP contribution in [0.4, 0.5) is 0 Å². The SMILES string of the molecule is CCOC(=O)C1CCC(O)(Cn2ccc(C3CC3)n2)CC1. The summed E-state index contributed by atoms with van der Waals surface area (Å²) in [7, 11) is 0. The Morgan fingerprint density at radius 3 is 2.76 bits per heavy atom. The van der Waals surface area contributed by atoms with Gasteiger partial charge in [0.05, 0.1) is 30.4 Å². The van der Waals surface area contributed by atoms with Gasteiger partial charge in [0.1, 0.15) is 0 Å². The van der Waals surface area contributed by atoms with Crippen molar-refractivity contribution in [2.75, 3.05) is 6.61 Å². The maximum Gasteiger partial charge on any atom is 0.308 e. The van der Waals surface area contributed by atoms with Crippen LogP contribution in [0.3, 0.4) is 0 Å². The van der Waals surface area contributed by atoms with Crippen molar-refractivity contribution >= 4 is 5.97 Å². The molecule has 0 bridgehead atoms. The zero-order chi connectivity index (χ0) is 14.9. The summed E-state index contributed by atoms with van der Waals surface area (Å²) >= 11 is 0. The molecule has 1 N–H and O–H groups in total. The van der Waals surface area contributed by atoms with E-state index in [1.807, 2.05) is 17.8 Å². The Labute approximate surface area is 125 Å². The first-order valence-electron chi connectivity index (χ1n) is 8.02. The summed E-state index contributed by atoms with van der Waals surface area (Å²) in [6, 6.07) is 2.06. The lowest BCUT2D eigenvalue weighted by molar-refractivity contribution is -0.151. The van der Waals surface area contributed by atoms with Crippen LogP contribution in [0.5, 0.6) is 0 Å². The van der Waals surface area contributed by atoms with E-state index in [0.717, 1.165) is 5.69 Å². The molecule has 1 heterocycles. The monoisotopic (exact) mass is 292 g/mol. The van der Waals surface area contributed by atoms with E-state index >= 15 is 0 Å². The summed E-state index contributed by atoms with van der Waals surface area (Å²) in [6.45, 7) is 2.78. The van der Waals surface area contributed by atoms with Gasteiger partial charge in [-0.2, -0.15) is 5.10 Å². The summed E-state index contributed by atoms with van der Waals surface area (Å²) in [5.41, 5.74) is 0.411. The average molecular weight is 292 g/mol. The Morgan fingerprint density at radius 2 is 2.14 bits per heavy atom. The zero-order valence-corrected chi connectivity index (χ0v) is 12.6. The van der Waals surface area contributed by atoms with Crippen LogP contribution < -0.4 is 0 Å². The Kier molecular flexibility index (Phi) is 4.02. The fourth-order valence-electron chi connectivity index (χ4n) is 3.17. The third kappa shape index (κ3) is 3.46. The standard InChI is InChI=1S/C16H24N2O3/c1-2-21-15(19)13-5-8-16(20,9-6-13)11-18-10-7-14(17-18)12-3-4-12/h7,10,12-13,20H,2-6,8-9,11H2,1H3. The molecule has 1 aromatic heterocycles. The van der Waals surface area contributed by atoms with Gasteiger partial charge in [0.25, 0.3) is 0 Å². The Morgan fingerprint density at radius 1 is 1.43 bits per heavy atom. The molecule has 2 aliphatic carbocycles. The molecule has 0 unspecified atom stereocenters. The number of nitrogens with zero attached hydrogens (tertiary/aromatic N) is 2. The molecular weight excluding hydrogens is 268 g/mol. The third-order valence-corrected chi connectivity index (χ3v) is 4.65. The van der Waals surface area contributed by atoms with Gasteiger partial charge in [-0.3, -0.25) is 9.48 Å². The van der Waals surface area contributed by atoms with E-state index in [4.69, 9.17) is 4.74 Å². The van der Waals surface area contributed by atoms with Crippen LogP contribution in [0, 0.1) is 5.92 Å². The largest absolute Gasteiger partial charge is 0.466 e. The quantitative estimate of drug-likeness (QED) is 0.845. The molecule has 2 aliphatic rings. The van der Waals surface area contributed by atoms with Crippen molar-refractivity contribution < 1.29 is 14.6 Å². The number of carbonyl (C=O) groups excluding carboxylic acids is 1. The lowest BCUT2D eigenvalue weighted by atomic mass is 9.79. The van der Waals surface area contributed by atoms with Crippen LogP contribution in [-0.4, -0.2) is 33.1 Å². The highest BCUT2D eigenvalue weighted by Gasteiger charge is 2.37. The second-order valence-electron chi connectivity index (χ2n) is 6.46. The molecule has 0 aliphatic heterocycles. The minimum Gasteiger partial charge on any atom is -0.466 e. The lowest BCUT2D eigenvalue weighted by Crippen LogP contribution is -2.40. The summed E-state index contributed by atoms with van der Waals surface area (Å²) in [4.78, 5) is 11.7. The fraction of sp³-hybridized carbons (Fsp3) is 0.750. The molecule has 5 heteroatoms. The average Bonchev–Trinajstić information content (AvgIpc) is 3.21. The van der Waals surface area contributed by atoms with E-state index in [-0.39, 0.29) is 11.9 Å². The van der Waals surface area contributed by atoms with Crippen LogP contribution in [0.15, 0.2) is 12.3 Å². The number of carbonyl (C=O) groups is 1. The molecule has 0 aromatic carbocycles. The van der Waals surface area contributed by atoms with Crippen molar-refractivity contribution in [3.63, 3.8) is 0 Å². The third-order valence-electron chi connectivity index (χ3n) is 4.65. The van der Waals surface area contributed by atoms with Crippen molar-refractivity contribution in [2.24, 2.45) is 5.92 Å². The molecule has 0 atom stereocenters. The molecular formula is C16H24N2O3. The molecule has 1 aromatic rings. The van der Waals surface area contributed by atoms with E-state index < -0.39 is 5.60 Å². The van der Waals surface area contributed by atoms with E-state index in [9.17, 15) is 9.90 Å². The highest BCUT2D eigenvalue weighted by molar-refractivity contribution is 5.72. The molecule has 116 valence electrons. The van der Waals surface area contributed by atoms with E-state index in [2.05, 4.69) is 11.2 Å². The van der Waals surface area contributed by atoms with Gasteiger partial charge in [-0.15, -0.1) is 0 Å². The molecule has 2 saturated carbocycles. The van der Waals surface area contributed by atoms with E-state index in [1.165, 1.54) is 12.8 Å². The fourth-order valence-corrected chi connectivity index (χ4v) is 3.17. The topological polar surface area (TPSA) is 64.3 Å². The van der Waals surface area contributed by atoms with Gasteiger partial charge in [-0.05, 0) is 51.5 Å². The lowest BCUT2D eigenvalue weighted by Gasteiger charge is -2.35. The number of rotatable bonds is 5. The van der Waals surface area contributed by atoms with Gasteiger partial charge >= 0.3 is 5.97 Å². The maximum atomic E-state index is 11.7. The van der Waals surface area contributed by atoms with Crippen molar-refractivity contribution in [3.8, 4) is 0 Å². The number of aromatic nitrogens is 2. The minimum atomic E-state index is -0.740. The highest BCUT2D eigenvalue weighted by atomic mass is 16.5. The molecule has 21 heavy (non-hydrogen) atoms. The molecule has 0 amide bonds. The van der Waals surface area contributed by atoms with Crippen molar-refractivity contribution in [3.05, 3.63) is 18.0 Å². The van der Waals surface area contributed by atoms with Gasteiger partial charge in [-0.1, -0.05) is 0 Å². The summed E-state index contributed by atoms with van der Waals surface area (Å²) < 4.78 is 6.93. The maximum absolute atomic E-state index is 11.7. The normalized spacial score (nSPS) is 29.3. The second kappa shape index (κ2) is 5.79. The number of hydrogen-bond donors (Lipinski definition) is 1. The predicted octanol–water partition coefficient (Wildman–Crippen LogP) is 2.24. The first kappa shape index (κ1) is 14.6. The molecule has 5 nitrogen and oxygen atoms in total. The summed E-state index contributed by atoms with van der Waals surface area (Å²) in [5.74, 6) is 0.472. The number of hydrogen-bond acceptors (Lipinski definition) is 4. The van der Waals surface area contributed by atoms with Gasteiger partial charge in [0.2, 0.25) is 0 Å². The second-order valence-corrected chi connectivity index (χ2v) is 6.46. The number of esters is 1.